The first-order chi connectivity index (χ1) is 11.2. The van der Waals surface area contributed by atoms with Crippen LogP contribution in [0.2, 0.25) is 0 Å². The maximum atomic E-state index is 12.6. The topological polar surface area (TPSA) is 46.6 Å². The van der Waals surface area contributed by atoms with Crippen LogP contribution in [0.3, 0.4) is 0 Å². The zero-order valence-electron chi connectivity index (χ0n) is 13.0. The predicted octanol–water partition coefficient (Wildman–Crippen LogP) is 2.78. The lowest BCUT2D eigenvalue weighted by atomic mass is 10.1. The van der Waals surface area contributed by atoms with Gasteiger partial charge in [0.15, 0.2) is 0 Å². The SMILES string of the molecule is COc1ccc(CCC(=O)N2CCS(=O)c3ccccc32)cc1. The number of anilines is 1. The number of ether oxygens (including phenoxy) is 1. The van der Waals surface area contributed by atoms with Crippen LogP contribution in [0.25, 0.3) is 0 Å². The quantitative estimate of drug-likeness (QED) is 0.866. The number of aryl methyl sites for hydroxylation is 1. The normalized spacial score (nSPS) is 16.7. The van der Waals surface area contributed by atoms with Gasteiger partial charge >= 0.3 is 0 Å². The number of hydrogen-bond donors (Lipinski definition) is 0. The fourth-order valence-electron chi connectivity index (χ4n) is 2.71. The molecule has 1 aliphatic heterocycles. The zero-order valence-corrected chi connectivity index (χ0v) is 13.8. The second-order valence-corrected chi connectivity index (χ2v) is 6.95. The van der Waals surface area contributed by atoms with E-state index in [9.17, 15) is 9.00 Å². The smallest absolute Gasteiger partial charge is 0.227 e. The van der Waals surface area contributed by atoms with Crippen LogP contribution in [0, 0.1) is 0 Å². The molecule has 2 aromatic rings. The van der Waals surface area contributed by atoms with Gasteiger partial charge in [0, 0.05) is 18.7 Å². The lowest BCUT2D eigenvalue weighted by molar-refractivity contribution is -0.118. The van der Waals surface area contributed by atoms with E-state index in [1.54, 1.807) is 12.0 Å². The van der Waals surface area contributed by atoms with Crippen LogP contribution in [0.15, 0.2) is 53.4 Å². The summed E-state index contributed by atoms with van der Waals surface area (Å²) in [5.74, 6) is 1.39. The molecule has 4 nitrogen and oxygen atoms in total. The minimum atomic E-state index is -1.00. The standard InChI is InChI=1S/C18H19NO3S/c1-22-15-9-6-14(7-10-15)8-11-18(20)19-12-13-23(21)17-5-3-2-4-16(17)19/h2-7,9-10H,8,11-13H2,1H3. The number of methoxy groups -OCH3 is 1. The van der Waals surface area contributed by atoms with Crippen molar-refractivity contribution in [3.8, 4) is 5.75 Å². The average Bonchev–Trinajstić information content (AvgIpc) is 2.60. The fourth-order valence-corrected chi connectivity index (χ4v) is 3.92. The lowest BCUT2D eigenvalue weighted by Gasteiger charge is -2.29. The molecule has 23 heavy (non-hydrogen) atoms. The molecular weight excluding hydrogens is 310 g/mol. The molecule has 0 spiro atoms. The molecule has 1 unspecified atom stereocenters. The van der Waals surface area contributed by atoms with Gasteiger partial charge in [-0.3, -0.25) is 9.00 Å². The maximum absolute atomic E-state index is 12.6. The summed E-state index contributed by atoms with van der Waals surface area (Å²) in [6.45, 7) is 0.519. The fraction of sp³-hybridized carbons (Fsp3) is 0.278. The summed E-state index contributed by atoms with van der Waals surface area (Å²) in [6.07, 6.45) is 1.12. The highest BCUT2D eigenvalue weighted by Gasteiger charge is 2.25. The van der Waals surface area contributed by atoms with Gasteiger partial charge in [-0.15, -0.1) is 0 Å². The first kappa shape index (κ1) is 15.7. The highest BCUT2D eigenvalue weighted by atomic mass is 32.2. The molecule has 0 N–H and O–H groups in total. The second-order valence-electron chi connectivity index (χ2n) is 5.41. The second kappa shape index (κ2) is 6.96. The first-order valence-corrected chi connectivity index (χ1v) is 8.91. The molecule has 0 bridgehead atoms. The predicted molar refractivity (Wildman–Crippen MR) is 91.4 cm³/mol. The number of benzene rings is 2. The minimum Gasteiger partial charge on any atom is -0.497 e. The van der Waals surface area contributed by atoms with Crippen molar-refractivity contribution < 1.29 is 13.7 Å². The summed E-state index contributed by atoms with van der Waals surface area (Å²) in [4.78, 5) is 15.1. The van der Waals surface area contributed by atoms with Gasteiger partial charge in [-0.1, -0.05) is 24.3 Å². The summed E-state index contributed by atoms with van der Waals surface area (Å²) in [6, 6.07) is 15.2. The Hall–Kier alpha value is -2.14. The van der Waals surface area contributed by atoms with Gasteiger partial charge in [0.1, 0.15) is 5.75 Å². The Kier molecular flexibility index (Phi) is 4.76. The Morgan fingerprint density at radius 1 is 1.17 bits per heavy atom. The van der Waals surface area contributed by atoms with Crippen molar-refractivity contribution in [1.29, 1.82) is 0 Å². The van der Waals surface area contributed by atoms with Crippen LogP contribution in [-0.4, -0.2) is 29.5 Å². The van der Waals surface area contributed by atoms with Gasteiger partial charge in [-0.25, -0.2) is 0 Å². The number of fused-ring (bicyclic) bond motifs is 1. The number of amides is 1. The number of carbonyl (C=O) groups excluding carboxylic acids is 1. The number of para-hydroxylation sites is 1. The van der Waals surface area contributed by atoms with E-state index in [1.165, 1.54) is 0 Å². The molecule has 1 aliphatic rings. The number of rotatable bonds is 4. The van der Waals surface area contributed by atoms with Gasteiger partial charge in [-0.05, 0) is 36.2 Å². The Morgan fingerprint density at radius 2 is 1.91 bits per heavy atom. The molecule has 0 aromatic heterocycles. The van der Waals surface area contributed by atoms with Crippen LogP contribution in [0.1, 0.15) is 12.0 Å². The molecular formula is C18H19NO3S. The monoisotopic (exact) mass is 329 g/mol. The molecule has 0 aliphatic carbocycles. The van der Waals surface area contributed by atoms with Crippen molar-refractivity contribution in [2.75, 3.05) is 24.3 Å². The van der Waals surface area contributed by atoms with Crippen LogP contribution in [0.4, 0.5) is 5.69 Å². The Bertz CT molecular complexity index is 727. The highest BCUT2D eigenvalue weighted by Crippen LogP contribution is 2.28. The third-order valence-electron chi connectivity index (χ3n) is 3.99. The average molecular weight is 329 g/mol. The summed E-state index contributed by atoms with van der Waals surface area (Å²) >= 11 is 0. The molecule has 1 heterocycles. The number of hydrogen-bond acceptors (Lipinski definition) is 3. The molecule has 5 heteroatoms. The molecule has 0 radical (unpaired) electrons. The van der Waals surface area contributed by atoms with Crippen molar-refractivity contribution in [3.05, 3.63) is 54.1 Å². The van der Waals surface area contributed by atoms with E-state index in [-0.39, 0.29) is 5.91 Å². The van der Waals surface area contributed by atoms with Gasteiger partial charge in [0.25, 0.3) is 0 Å². The van der Waals surface area contributed by atoms with Crippen LogP contribution in [0.5, 0.6) is 5.75 Å². The van der Waals surface area contributed by atoms with Crippen molar-refractivity contribution >= 4 is 22.4 Å². The Labute approximate surface area is 138 Å². The van der Waals surface area contributed by atoms with E-state index in [0.717, 1.165) is 21.9 Å². The zero-order chi connectivity index (χ0) is 16.2. The third-order valence-corrected chi connectivity index (χ3v) is 5.38. The maximum Gasteiger partial charge on any atom is 0.227 e. The summed E-state index contributed by atoms with van der Waals surface area (Å²) in [5.41, 5.74) is 1.89. The summed E-state index contributed by atoms with van der Waals surface area (Å²) < 4.78 is 17.2. The molecule has 2 aromatic carbocycles. The molecule has 3 rings (SSSR count). The van der Waals surface area contributed by atoms with E-state index in [1.807, 2.05) is 48.5 Å². The molecule has 0 saturated carbocycles. The van der Waals surface area contributed by atoms with Crippen molar-refractivity contribution in [1.82, 2.24) is 0 Å². The van der Waals surface area contributed by atoms with E-state index < -0.39 is 10.8 Å². The van der Waals surface area contributed by atoms with E-state index in [0.29, 0.717) is 25.1 Å². The molecule has 0 saturated heterocycles. The van der Waals surface area contributed by atoms with Crippen molar-refractivity contribution in [2.45, 2.75) is 17.7 Å². The van der Waals surface area contributed by atoms with E-state index in [4.69, 9.17) is 4.74 Å². The van der Waals surface area contributed by atoms with Gasteiger partial charge in [0.05, 0.1) is 28.5 Å². The van der Waals surface area contributed by atoms with Crippen molar-refractivity contribution in [2.24, 2.45) is 0 Å². The van der Waals surface area contributed by atoms with E-state index >= 15 is 0 Å². The van der Waals surface area contributed by atoms with E-state index in [2.05, 4.69) is 0 Å². The van der Waals surface area contributed by atoms with Crippen LogP contribution < -0.4 is 9.64 Å². The Morgan fingerprint density at radius 3 is 2.65 bits per heavy atom. The molecule has 120 valence electrons. The molecule has 0 fully saturated rings. The summed E-state index contributed by atoms with van der Waals surface area (Å²) in [7, 11) is 0.631. The number of nitrogens with zero attached hydrogens (tertiary/aromatic N) is 1. The highest BCUT2D eigenvalue weighted by molar-refractivity contribution is 7.85. The molecule has 1 atom stereocenters. The molecule has 1 amide bonds. The third kappa shape index (κ3) is 3.45. The van der Waals surface area contributed by atoms with Crippen LogP contribution >= 0.6 is 0 Å². The van der Waals surface area contributed by atoms with Gasteiger partial charge in [0.2, 0.25) is 5.91 Å². The van der Waals surface area contributed by atoms with Crippen molar-refractivity contribution in [3.63, 3.8) is 0 Å². The first-order valence-electron chi connectivity index (χ1n) is 7.60. The lowest BCUT2D eigenvalue weighted by Crippen LogP contribution is -2.38. The van der Waals surface area contributed by atoms with Gasteiger partial charge < -0.3 is 9.64 Å². The van der Waals surface area contributed by atoms with Gasteiger partial charge in [-0.2, -0.15) is 0 Å². The number of carbonyl (C=O) groups is 1. The minimum absolute atomic E-state index is 0.0740. The summed E-state index contributed by atoms with van der Waals surface area (Å²) in [5, 5.41) is 0. The van der Waals surface area contributed by atoms with Crippen LogP contribution in [-0.2, 0) is 22.0 Å². The Balaban J connectivity index is 1.69. The largest absolute Gasteiger partial charge is 0.497 e.